The monoisotopic (exact) mass is 326 g/mol. The molecule has 3 nitrogen and oxygen atoms in total. The minimum absolute atomic E-state index is 0.402. The normalized spacial score (nSPS) is 35.9. The molecule has 3 aliphatic heterocycles. The van der Waals surface area contributed by atoms with Gasteiger partial charge in [0.25, 0.3) is 0 Å². The number of nitrogens with zero attached hydrogens (tertiary/aromatic N) is 1. The lowest BCUT2D eigenvalue weighted by atomic mass is 9.81. The summed E-state index contributed by atoms with van der Waals surface area (Å²) in [5, 5.41) is 3.68. The van der Waals surface area contributed by atoms with E-state index >= 15 is 0 Å². The van der Waals surface area contributed by atoms with E-state index in [2.05, 4.69) is 47.5 Å². The van der Waals surface area contributed by atoms with Crippen LogP contribution in [0.2, 0.25) is 0 Å². The van der Waals surface area contributed by atoms with Gasteiger partial charge in [-0.2, -0.15) is 0 Å². The topological polar surface area (TPSA) is 32.3 Å². The van der Waals surface area contributed by atoms with E-state index in [0.29, 0.717) is 35.7 Å². The summed E-state index contributed by atoms with van der Waals surface area (Å²) in [5.74, 6) is 2.16. The number of rotatable bonds is 3. The maximum absolute atomic E-state index is 12.8. The van der Waals surface area contributed by atoms with Crippen molar-refractivity contribution < 1.29 is 4.79 Å². The van der Waals surface area contributed by atoms with Crippen LogP contribution in [0, 0.1) is 11.8 Å². The first-order valence-electron chi connectivity index (χ1n) is 9.78. The van der Waals surface area contributed by atoms with Gasteiger partial charge in [-0.1, -0.05) is 37.3 Å². The SMILES string of the molecule is C[C@H]1CN(C(=O)CC2C[C@H]3CC[C@@H](C2)N3)CC[C@H]1c1ccccc1. The first-order valence-corrected chi connectivity index (χ1v) is 9.78. The van der Waals surface area contributed by atoms with E-state index in [1.807, 2.05) is 0 Å². The number of likely N-dealkylation sites (tertiary alicyclic amines) is 1. The molecule has 24 heavy (non-hydrogen) atoms. The van der Waals surface area contributed by atoms with Crippen LogP contribution in [0.25, 0.3) is 0 Å². The van der Waals surface area contributed by atoms with Gasteiger partial charge in [0.1, 0.15) is 0 Å². The molecule has 3 saturated heterocycles. The number of benzene rings is 1. The molecule has 3 heterocycles. The van der Waals surface area contributed by atoms with Gasteiger partial charge >= 0.3 is 0 Å². The van der Waals surface area contributed by atoms with Crippen molar-refractivity contribution in [3.8, 4) is 0 Å². The van der Waals surface area contributed by atoms with Crippen molar-refractivity contribution in [2.45, 2.75) is 63.5 Å². The Morgan fingerprint density at radius 2 is 1.83 bits per heavy atom. The van der Waals surface area contributed by atoms with E-state index in [0.717, 1.165) is 25.9 Å². The molecule has 0 saturated carbocycles. The molecule has 1 aromatic carbocycles. The van der Waals surface area contributed by atoms with E-state index < -0.39 is 0 Å². The quantitative estimate of drug-likeness (QED) is 0.921. The fraction of sp³-hybridized carbons (Fsp3) is 0.667. The van der Waals surface area contributed by atoms with Crippen LogP contribution in [0.4, 0.5) is 0 Å². The third-order valence-electron chi connectivity index (χ3n) is 6.52. The molecule has 130 valence electrons. The minimum Gasteiger partial charge on any atom is -0.342 e. The molecule has 0 spiro atoms. The Kier molecular flexibility index (Phi) is 4.62. The fourth-order valence-corrected chi connectivity index (χ4v) is 5.29. The lowest BCUT2D eigenvalue weighted by Crippen LogP contribution is -2.44. The van der Waals surface area contributed by atoms with E-state index in [1.54, 1.807) is 0 Å². The van der Waals surface area contributed by atoms with Gasteiger partial charge in [0.05, 0.1) is 0 Å². The van der Waals surface area contributed by atoms with Gasteiger partial charge in [0.15, 0.2) is 0 Å². The Labute approximate surface area is 145 Å². The van der Waals surface area contributed by atoms with E-state index in [4.69, 9.17) is 0 Å². The van der Waals surface area contributed by atoms with Crippen molar-refractivity contribution in [2.24, 2.45) is 11.8 Å². The summed E-state index contributed by atoms with van der Waals surface area (Å²) >= 11 is 0. The molecule has 2 bridgehead atoms. The predicted octanol–water partition coefficient (Wildman–Crippen LogP) is 3.56. The van der Waals surface area contributed by atoms with Gasteiger partial charge in [0.2, 0.25) is 5.91 Å². The lowest BCUT2D eigenvalue weighted by Gasteiger charge is -2.38. The molecule has 4 rings (SSSR count). The average molecular weight is 326 g/mol. The van der Waals surface area contributed by atoms with E-state index in [1.165, 1.54) is 31.2 Å². The molecule has 1 amide bonds. The largest absolute Gasteiger partial charge is 0.342 e. The number of carbonyl (C=O) groups is 1. The fourth-order valence-electron chi connectivity index (χ4n) is 5.29. The van der Waals surface area contributed by atoms with Crippen molar-refractivity contribution >= 4 is 5.91 Å². The molecule has 1 aromatic rings. The molecule has 0 aromatic heterocycles. The summed E-state index contributed by atoms with van der Waals surface area (Å²) in [5.41, 5.74) is 1.44. The summed E-state index contributed by atoms with van der Waals surface area (Å²) in [4.78, 5) is 14.9. The number of fused-ring (bicyclic) bond motifs is 2. The second-order valence-electron chi connectivity index (χ2n) is 8.30. The zero-order valence-corrected chi connectivity index (χ0v) is 14.8. The first kappa shape index (κ1) is 16.1. The van der Waals surface area contributed by atoms with E-state index in [-0.39, 0.29) is 0 Å². The van der Waals surface area contributed by atoms with Crippen LogP contribution in [0.3, 0.4) is 0 Å². The number of nitrogens with one attached hydrogen (secondary N) is 1. The lowest BCUT2D eigenvalue weighted by molar-refractivity contribution is -0.134. The molecule has 0 radical (unpaired) electrons. The van der Waals surface area contributed by atoms with Crippen molar-refractivity contribution in [2.75, 3.05) is 13.1 Å². The summed E-state index contributed by atoms with van der Waals surface area (Å²) in [6.07, 6.45) is 6.92. The zero-order valence-electron chi connectivity index (χ0n) is 14.8. The Morgan fingerprint density at radius 3 is 2.50 bits per heavy atom. The predicted molar refractivity (Wildman–Crippen MR) is 96.8 cm³/mol. The van der Waals surface area contributed by atoms with Crippen LogP contribution in [0.5, 0.6) is 0 Å². The number of hydrogen-bond donors (Lipinski definition) is 1. The number of piperidine rings is 2. The summed E-state index contributed by atoms with van der Waals surface area (Å²) in [6.45, 7) is 4.17. The standard InChI is InChI=1S/C21H30N2O/c1-15-14-23(10-9-20(15)17-5-3-2-4-6-17)21(24)13-16-11-18-7-8-19(12-16)22-18/h2-6,15-16,18-20,22H,7-14H2,1H3/t15-,16?,18-,19+,20+/m0/s1. The summed E-state index contributed by atoms with van der Waals surface area (Å²) in [6, 6.07) is 12.2. The van der Waals surface area contributed by atoms with Crippen molar-refractivity contribution in [3.05, 3.63) is 35.9 Å². The Bertz CT molecular complexity index is 560. The van der Waals surface area contributed by atoms with Crippen LogP contribution in [0.15, 0.2) is 30.3 Å². The third kappa shape index (κ3) is 3.37. The van der Waals surface area contributed by atoms with Gasteiger partial charge < -0.3 is 10.2 Å². The number of hydrogen-bond acceptors (Lipinski definition) is 2. The number of amides is 1. The van der Waals surface area contributed by atoms with Gasteiger partial charge in [-0.15, -0.1) is 0 Å². The smallest absolute Gasteiger partial charge is 0.222 e. The third-order valence-corrected chi connectivity index (χ3v) is 6.52. The van der Waals surface area contributed by atoms with Crippen LogP contribution < -0.4 is 5.32 Å². The molecule has 3 fully saturated rings. The van der Waals surface area contributed by atoms with Gasteiger partial charge in [-0.25, -0.2) is 0 Å². The highest BCUT2D eigenvalue weighted by molar-refractivity contribution is 5.76. The van der Waals surface area contributed by atoms with Gasteiger partial charge in [-0.3, -0.25) is 4.79 Å². The molecule has 1 unspecified atom stereocenters. The van der Waals surface area contributed by atoms with Crippen LogP contribution in [-0.2, 0) is 4.79 Å². The van der Waals surface area contributed by atoms with Crippen LogP contribution >= 0.6 is 0 Å². The zero-order chi connectivity index (χ0) is 16.5. The Balaban J connectivity index is 1.32. The molecule has 3 aliphatic rings. The molecule has 3 heteroatoms. The second kappa shape index (κ2) is 6.87. The first-order chi connectivity index (χ1) is 11.7. The van der Waals surface area contributed by atoms with Crippen molar-refractivity contribution in [1.82, 2.24) is 10.2 Å². The second-order valence-corrected chi connectivity index (χ2v) is 8.30. The molecule has 5 atom stereocenters. The molecule has 1 N–H and O–H groups in total. The summed E-state index contributed by atoms with van der Waals surface area (Å²) in [7, 11) is 0. The van der Waals surface area contributed by atoms with Crippen LogP contribution in [-0.4, -0.2) is 36.0 Å². The highest BCUT2D eigenvalue weighted by Crippen LogP contribution is 2.35. The molecule has 0 aliphatic carbocycles. The van der Waals surface area contributed by atoms with Crippen LogP contribution in [0.1, 0.15) is 56.9 Å². The van der Waals surface area contributed by atoms with E-state index in [9.17, 15) is 4.79 Å². The Hall–Kier alpha value is -1.35. The maximum atomic E-state index is 12.8. The van der Waals surface area contributed by atoms with Gasteiger partial charge in [-0.05, 0) is 55.4 Å². The molecular weight excluding hydrogens is 296 g/mol. The molecular formula is C21H30N2O. The van der Waals surface area contributed by atoms with Crippen molar-refractivity contribution in [3.63, 3.8) is 0 Å². The minimum atomic E-state index is 0.402. The average Bonchev–Trinajstić information content (AvgIpc) is 2.94. The number of carbonyl (C=O) groups excluding carboxylic acids is 1. The van der Waals surface area contributed by atoms with Crippen molar-refractivity contribution in [1.29, 1.82) is 0 Å². The maximum Gasteiger partial charge on any atom is 0.222 e. The highest BCUT2D eigenvalue weighted by atomic mass is 16.2. The Morgan fingerprint density at radius 1 is 1.12 bits per heavy atom. The summed E-state index contributed by atoms with van der Waals surface area (Å²) < 4.78 is 0. The highest BCUT2D eigenvalue weighted by Gasteiger charge is 2.36. The van der Waals surface area contributed by atoms with Gasteiger partial charge in [0, 0.05) is 31.6 Å².